The lowest BCUT2D eigenvalue weighted by atomic mass is 10.1. The summed E-state index contributed by atoms with van der Waals surface area (Å²) < 4.78 is 0. The Morgan fingerprint density at radius 1 is 1.44 bits per heavy atom. The maximum Gasteiger partial charge on any atom is 0.334 e. The van der Waals surface area contributed by atoms with E-state index in [1.54, 1.807) is 13.8 Å². The van der Waals surface area contributed by atoms with Crippen LogP contribution in [0.25, 0.3) is 5.53 Å². The van der Waals surface area contributed by atoms with Crippen LogP contribution in [0.1, 0.15) is 26.7 Å². The minimum absolute atomic E-state index is 0.0833. The lowest BCUT2D eigenvalue weighted by molar-refractivity contribution is -0.117. The topological polar surface area (TPSA) is 53.5 Å². The largest absolute Gasteiger partial charge is 0.361 e. The Bertz CT molecular complexity index is 156. The van der Waals surface area contributed by atoms with Crippen LogP contribution >= 0.6 is 0 Å². The van der Waals surface area contributed by atoms with E-state index < -0.39 is 0 Å². The molecule has 0 aliphatic rings. The molecule has 0 bridgehead atoms. The van der Waals surface area contributed by atoms with Gasteiger partial charge in [-0.15, -0.1) is 0 Å². The molecule has 3 nitrogen and oxygen atoms in total. The van der Waals surface area contributed by atoms with E-state index in [-0.39, 0.29) is 11.5 Å². The molecule has 0 heterocycles. The number of hydrogen-bond acceptors (Lipinski definition) is 1. The van der Waals surface area contributed by atoms with Crippen molar-refractivity contribution < 1.29 is 9.58 Å². The summed E-state index contributed by atoms with van der Waals surface area (Å²) in [4.78, 5) is 13.5. The molecule has 0 aromatic heterocycles. The molecule has 0 unspecified atom stereocenters. The molecule has 0 saturated heterocycles. The Morgan fingerprint density at radius 3 is 2.11 bits per heavy atom. The molecular weight excluding hydrogens is 116 g/mol. The fourth-order valence-electron chi connectivity index (χ4n) is 0.528. The van der Waals surface area contributed by atoms with Gasteiger partial charge >= 0.3 is 5.71 Å². The van der Waals surface area contributed by atoms with Crippen LogP contribution in [0.4, 0.5) is 0 Å². The third-order valence-corrected chi connectivity index (χ3v) is 1.10. The number of hydrogen-bond donors (Lipinski definition) is 0. The Balaban J connectivity index is 4.14. The molecular formula is C6H10N2O. The number of rotatable bonds is 3. The van der Waals surface area contributed by atoms with Gasteiger partial charge in [-0.3, -0.25) is 4.79 Å². The first-order valence-corrected chi connectivity index (χ1v) is 3.00. The van der Waals surface area contributed by atoms with Crippen LogP contribution in [0.2, 0.25) is 0 Å². The van der Waals surface area contributed by atoms with Gasteiger partial charge in [-0.05, 0) is 0 Å². The fourth-order valence-corrected chi connectivity index (χ4v) is 0.528. The second-order valence-electron chi connectivity index (χ2n) is 1.68. The Hall–Kier alpha value is -0.950. The molecule has 0 aliphatic carbocycles. The second kappa shape index (κ2) is 3.98. The Morgan fingerprint density at radius 2 is 2.00 bits per heavy atom. The van der Waals surface area contributed by atoms with Crippen molar-refractivity contribution in [3.63, 3.8) is 0 Å². The van der Waals surface area contributed by atoms with Crippen molar-refractivity contribution in [2.45, 2.75) is 26.7 Å². The number of carbonyl (C=O) groups is 1. The van der Waals surface area contributed by atoms with Gasteiger partial charge in [0.1, 0.15) is 0 Å². The summed E-state index contributed by atoms with van der Waals surface area (Å²) >= 11 is 0. The molecule has 0 rings (SSSR count). The van der Waals surface area contributed by atoms with E-state index in [0.717, 1.165) is 0 Å². The summed E-state index contributed by atoms with van der Waals surface area (Å²) in [6, 6.07) is 0. The van der Waals surface area contributed by atoms with Crippen molar-refractivity contribution in [3.05, 3.63) is 5.53 Å². The quantitative estimate of drug-likeness (QED) is 0.316. The normalized spacial score (nSPS) is 8.22. The molecule has 0 aromatic carbocycles. The van der Waals surface area contributed by atoms with Crippen molar-refractivity contribution in [1.29, 1.82) is 0 Å². The molecule has 0 aliphatic heterocycles. The summed E-state index contributed by atoms with van der Waals surface area (Å²) in [5.41, 5.74) is 8.46. The Kier molecular flexibility index (Phi) is 3.56. The van der Waals surface area contributed by atoms with Crippen LogP contribution in [0.5, 0.6) is 0 Å². The summed E-state index contributed by atoms with van der Waals surface area (Å²) in [5.74, 6) is -0.0833. The van der Waals surface area contributed by atoms with Crippen molar-refractivity contribution in [1.82, 2.24) is 0 Å². The first-order valence-electron chi connectivity index (χ1n) is 3.00. The predicted molar refractivity (Wildman–Crippen MR) is 34.2 cm³/mol. The summed E-state index contributed by atoms with van der Waals surface area (Å²) in [5, 5.41) is 0. The standard InChI is InChI=1S/C6H10N2O/c1-3-5(8-7)6(9)4-2/h3-4H2,1-2H3. The summed E-state index contributed by atoms with van der Waals surface area (Å²) in [7, 11) is 0. The zero-order valence-electron chi connectivity index (χ0n) is 5.72. The van der Waals surface area contributed by atoms with E-state index in [1.165, 1.54) is 0 Å². The first-order chi connectivity index (χ1) is 4.26. The monoisotopic (exact) mass is 126 g/mol. The highest BCUT2D eigenvalue weighted by molar-refractivity contribution is 6.37. The first kappa shape index (κ1) is 8.05. The number of ketones is 1. The van der Waals surface area contributed by atoms with Crippen LogP contribution in [0, 0.1) is 0 Å². The molecule has 0 saturated carbocycles. The Labute approximate surface area is 54.3 Å². The summed E-state index contributed by atoms with van der Waals surface area (Å²) in [6.07, 6.45) is 0.913. The summed E-state index contributed by atoms with van der Waals surface area (Å²) in [6.45, 7) is 3.52. The lowest BCUT2D eigenvalue weighted by Gasteiger charge is -1.83. The van der Waals surface area contributed by atoms with E-state index in [0.29, 0.717) is 12.8 Å². The van der Waals surface area contributed by atoms with E-state index in [4.69, 9.17) is 5.53 Å². The van der Waals surface area contributed by atoms with E-state index >= 15 is 0 Å². The zero-order chi connectivity index (χ0) is 7.28. The molecule has 0 spiro atoms. The van der Waals surface area contributed by atoms with Gasteiger partial charge in [-0.25, -0.2) is 0 Å². The van der Waals surface area contributed by atoms with Gasteiger partial charge in [0.25, 0.3) is 0 Å². The maximum atomic E-state index is 10.7. The van der Waals surface area contributed by atoms with Gasteiger partial charge in [0, 0.05) is 6.42 Å². The fraction of sp³-hybridized carbons (Fsp3) is 0.667. The zero-order valence-corrected chi connectivity index (χ0v) is 5.72. The lowest BCUT2D eigenvalue weighted by Crippen LogP contribution is -2.11. The molecule has 50 valence electrons. The predicted octanol–water partition coefficient (Wildman–Crippen LogP) is 1.05. The van der Waals surface area contributed by atoms with Crippen molar-refractivity contribution >= 4 is 11.5 Å². The minimum Gasteiger partial charge on any atom is -0.361 e. The van der Waals surface area contributed by atoms with Gasteiger partial charge in [-0.2, -0.15) is 4.79 Å². The van der Waals surface area contributed by atoms with Crippen molar-refractivity contribution in [3.8, 4) is 0 Å². The van der Waals surface area contributed by atoms with Crippen LogP contribution in [-0.4, -0.2) is 16.3 Å². The smallest absolute Gasteiger partial charge is 0.334 e. The van der Waals surface area contributed by atoms with Gasteiger partial charge in [0.2, 0.25) is 5.78 Å². The molecule has 0 amide bonds. The van der Waals surface area contributed by atoms with Gasteiger partial charge in [0.05, 0.1) is 6.42 Å². The van der Waals surface area contributed by atoms with Crippen LogP contribution < -0.4 is 0 Å². The van der Waals surface area contributed by atoms with E-state index in [2.05, 4.69) is 4.79 Å². The van der Waals surface area contributed by atoms with E-state index in [1.807, 2.05) is 0 Å². The van der Waals surface area contributed by atoms with Crippen molar-refractivity contribution in [2.75, 3.05) is 0 Å². The molecule has 9 heavy (non-hydrogen) atoms. The SMILES string of the molecule is CCC(=O)C(CC)=[N+]=[N-]. The maximum absolute atomic E-state index is 10.7. The average Bonchev–Trinajstić information content (AvgIpc) is 1.90. The van der Waals surface area contributed by atoms with Crippen LogP contribution in [0.15, 0.2) is 0 Å². The minimum atomic E-state index is -0.0833. The molecule has 0 fully saturated rings. The average molecular weight is 126 g/mol. The highest BCUT2D eigenvalue weighted by Gasteiger charge is 2.13. The number of Topliss-reactive ketones (excluding diaryl/α,β-unsaturated/α-hetero) is 1. The second-order valence-corrected chi connectivity index (χ2v) is 1.68. The number of nitrogens with zero attached hydrogens (tertiary/aromatic N) is 2. The van der Waals surface area contributed by atoms with Gasteiger partial charge < -0.3 is 5.53 Å². The highest BCUT2D eigenvalue weighted by atomic mass is 16.1. The third kappa shape index (κ3) is 2.20. The molecule has 3 heteroatoms. The molecule has 0 radical (unpaired) electrons. The number of carbonyl (C=O) groups excluding carboxylic acids is 1. The molecule has 0 N–H and O–H groups in total. The third-order valence-electron chi connectivity index (χ3n) is 1.10. The highest BCUT2D eigenvalue weighted by Crippen LogP contribution is 1.86. The van der Waals surface area contributed by atoms with Crippen molar-refractivity contribution in [2.24, 2.45) is 0 Å². The van der Waals surface area contributed by atoms with Gasteiger partial charge in [0.15, 0.2) is 0 Å². The molecule has 0 aromatic rings. The molecule has 0 atom stereocenters. The van der Waals surface area contributed by atoms with Gasteiger partial charge in [-0.1, -0.05) is 13.8 Å². The van der Waals surface area contributed by atoms with Crippen LogP contribution in [0.3, 0.4) is 0 Å². The van der Waals surface area contributed by atoms with E-state index in [9.17, 15) is 4.79 Å². The van der Waals surface area contributed by atoms with Crippen LogP contribution in [-0.2, 0) is 4.79 Å².